The summed E-state index contributed by atoms with van der Waals surface area (Å²) in [6, 6.07) is 9.53. The number of carbonyl (C=O) groups is 4. The van der Waals surface area contributed by atoms with E-state index in [9.17, 15) is 29.3 Å². The zero-order chi connectivity index (χ0) is 20.4. The summed E-state index contributed by atoms with van der Waals surface area (Å²) in [5.41, 5.74) is -0.881. The van der Waals surface area contributed by atoms with Gasteiger partial charge in [-0.05, 0) is 18.2 Å². The monoisotopic (exact) mass is 383 g/mol. The maximum absolute atomic E-state index is 12.4. The number of carboxylic acid groups (broad SMARTS) is 1. The molecular weight excluding hydrogens is 370 g/mol. The van der Waals surface area contributed by atoms with Gasteiger partial charge in [0.15, 0.2) is 0 Å². The lowest BCUT2D eigenvalue weighted by Gasteiger charge is -2.14. The fourth-order valence-electron chi connectivity index (χ4n) is 2.88. The van der Waals surface area contributed by atoms with E-state index in [-0.39, 0.29) is 35.3 Å². The van der Waals surface area contributed by atoms with E-state index in [0.717, 1.165) is 11.0 Å². The van der Waals surface area contributed by atoms with Crippen LogP contribution in [0, 0.1) is 10.1 Å². The average molecular weight is 383 g/mol. The number of nitrogens with one attached hydrogen (secondary N) is 1. The molecule has 10 nitrogen and oxygen atoms in total. The van der Waals surface area contributed by atoms with Crippen LogP contribution in [0.15, 0.2) is 42.5 Å². The number of aromatic carboxylic acids is 1. The molecule has 0 aromatic heterocycles. The van der Waals surface area contributed by atoms with Crippen LogP contribution in [-0.2, 0) is 4.79 Å². The normalized spacial score (nSPS) is 12.6. The molecule has 0 saturated carbocycles. The van der Waals surface area contributed by atoms with Crippen molar-refractivity contribution in [1.29, 1.82) is 0 Å². The highest BCUT2D eigenvalue weighted by Gasteiger charge is 2.40. The highest BCUT2D eigenvalue weighted by Crippen LogP contribution is 2.30. The zero-order valence-corrected chi connectivity index (χ0v) is 14.2. The molecule has 2 aromatic rings. The van der Waals surface area contributed by atoms with Crippen LogP contribution in [0.25, 0.3) is 0 Å². The standard InChI is InChI=1S/C18H13N3O7/c22-14(19-12-6-2-1-4-10(12)18(25)26)8-9-20-16(23)11-5-3-7-13(21(27)28)15(11)17(20)24/h1-7H,8-9H2,(H,19,22)(H,25,26). The Morgan fingerprint density at radius 2 is 1.79 bits per heavy atom. The number of fused-ring (bicyclic) bond motifs is 1. The number of carboxylic acids is 1. The van der Waals surface area contributed by atoms with E-state index in [0.29, 0.717) is 0 Å². The van der Waals surface area contributed by atoms with Gasteiger partial charge in [0, 0.05) is 19.0 Å². The molecule has 3 amide bonds. The summed E-state index contributed by atoms with van der Waals surface area (Å²) in [6.45, 7) is -0.301. The number of hydrogen-bond acceptors (Lipinski definition) is 6. The minimum Gasteiger partial charge on any atom is -0.478 e. The molecule has 0 radical (unpaired) electrons. The summed E-state index contributed by atoms with van der Waals surface area (Å²) in [5.74, 6) is -3.39. The van der Waals surface area contributed by atoms with E-state index in [4.69, 9.17) is 5.11 Å². The maximum Gasteiger partial charge on any atom is 0.337 e. The second kappa shape index (κ2) is 7.27. The van der Waals surface area contributed by atoms with Gasteiger partial charge in [-0.25, -0.2) is 4.79 Å². The average Bonchev–Trinajstić information content (AvgIpc) is 2.90. The van der Waals surface area contributed by atoms with Gasteiger partial charge in [-0.3, -0.25) is 29.4 Å². The Labute approximate surface area is 157 Å². The van der Waals surface area contributed by atoms with Crippen LogP contribution in [-0.4, -0.2) is 45.2 Å². The van der Waals surface area contributed by atoms with Crippen molar-refractivity contribution in [3.05, 3.63) is 69.3 Å². The van der Waals surface area contributed by atoms with E-state index in [1.54, 1.807) is 6.07 Å². The lowest BCUT2D eigenvalue weighted by atomic mass is 10.1. The molecule has 0 spiro atoms. The van der Waals surface area contributed by atoms with Gasteiger partial charge in [0.1, 0.15) is 5.56 Å². The first-order valence-corrected chi connectivity index (χ1v) is 8.07. The molecule has 1 heterocycles. The van der Waals surface area contributed by atoms with Crippen molar-refractivity contribution in [3.63, 3.8) is 0 Å². The van der Waals surface area contributed by atoms with Crippen molar-refractivity contribution in [1.82, 2.24) is 4.90 Å². The number of imide groups is 1. The van der Waals surface area contributed by atoms with E-state index in [2.05, 4.69) is 5.32 Å². The quantitative estimate of drug-likeness (QED) is 0.440. The summed E-state index contributed by atoms with van der Waals surface area (Å²) in [4.78, 5) is 59.2. The van der Waals surface area contributed by atoms with Crippen LogP contribution in [0.4, 0.5) is 11.4 Å². The van der Waals surface area contributed by atoms with Gasteiger partial charge < -0.3 is 10.4 Å². The molecule has 0 atom stereocenters. The van der Waals surface area contributed by atoms with Crippen LogP contribution >= 0.6 is 0 Å². The van der Waals surface area contributed by atoms with Crippen LogP contribution in [0.5, 0.6) is 0 Å². The van der Waals surface area contributed by atoms with Crippen LogP contribution < -0.4 is 5.32 Å². The van der Waals surface area contributed by atoms with Gasteiger partial charge in [0.25, 0.3) is 17.5 Å². The molecule has 142 valence electrons. The number of hydrogen-bond donors (Lipinski definition) is 2. The van der Waals surface area contributed by atoms with Gasteiger partial charge >= 0.3 is 5.97 Å². The Morgan fingerprint density at radius 1 is 1.07 bits per heavy atom. The SMILES string of the molecule is O=C(CCN1C(=O)c2cccc([N+](=O)[O-])c2C1=O)Nc1ccccc1C(=O)O. The minimum atomic E-state index is -1.22. The summed E-state index contributed by atoms with van der Waals surface area (Å²) >= 11 is 0. The summed E-state index contributed by atoms with van der Waals surface area (Å²) < 4.78 is 0. The van der Waals surface area contributed by atoms with E-state index >= 15 is 0 Å². The van der Waals surface area contributed by atoms with Crippen molar-refractivity contribution >= 4 is 35.1 Å². The number of nitro benzene ring substituents is 1. The fourth-order valence-corrected chi connectivity index (χ4v) is 2.88. The number of nitro groups is 1. The topological polar surface area (TPSA) is 147 Å². The number of amides is 3. The summed E-state index contributed by atoms with van der Waals surface area (Å²) in [5, 5.41) is 22.6. The number of carbonyl (C=O) groups excluding carboxylic acids is 3. The molecule has 2 N–H and O–H groups in total. The van der Waals surface area contributed by atoms with E-state index < -0.39 is 34.3 Å². The minimum absolute atomic E-state index is 0.0815. The molecule has 1 aliphatic rings. The second-order valence-corrected chi connectivity index (χ2v) is 5.87. The molecule has 0 unspecified atom stereocenters. The summed E-state index contributed by atoms with van der Waals surface area (Å²) in [6.07, 6.45) is -0.298. The third kappa shape index (κ3) is 3.30. The first-order valence-electron chi connectivity index (χ1n) is 8.07. The van der Waals surface area contributed by atoms with Crippen LogP contribution in [0.3, 0.4) is 0 Å². The number of para-hydroxylation sites is 1. The Hall–Kier alpha value is -4.08. The molecular formula is C18H13N3O7. The summed E-state index contributed by atoms with van der Waals surface area (Å²) in [7, 11) is 0. The zero-order valence-electron chi connectivity index (χ0n) is 14.2. The largest absolute Gasteiger partial charge is 0.478 e. The molecule has 3 rings (SSSR count). The molecule has 0 saturated heterocycles. The Kier molecular flexibility index (Phi) is 4.86. The smallest absolute Gasteiger partial charge is 0.337 e. The molecule has 0 aliphatic carbocycles. The maximum atomic E-state index is 12.4. The van der Waals surface area contributed by atoms with Gasteiger partial charge in [-0.1, -0.05) is 18.2 Å². The highest BCUT2D eigenvalue weighted by molar-refractivity contribution is 6.23. The molecule has 2 aromatic carbocycles. The van der Waals surface area contributed by atoms with Crippen LogP contribution in [0.2, 0.25) is 0 Å². The van der Waals surface area contributed by atoms with Crippen LogP contribution in [0.1, 0.15) is 37.5 Å². The predicted molar refractivity (Wildman–Crippen MR) is 95.1 cm³/mol. The van der Waals surface area contributed by atoms with Gasteiger partial charge in [0.05, 0.1) is 21.7 Å². The van der Waals surface area contributed by atoms with Crippen molar-refractivity contribution in [3.8, 4) is 0 Å². The predicted octanol–water partition coefficient (Wildman–Crippen LogP) is 1.92. The van der Waals surface area contributed by atoms with Crippen molar-refractivity contribution in [2.24, 2.45) is 0 Å². The van der Waals surface area contributed by atoms with E-state index in [1.807, 2.05) is 0 Å². The number of nitrogens with zero attached hydrogens (tertiary/aromatic N) is 2. The first-order chi connectivity index (χ1) is 13.3. The fraction of sp³-hybridized carbons (Fsp3) is 0.111. The van der Waals surface area contributed by atoms with Gasteiger partial charge in [-0.15, -0.1) is 0 Å². The first kappa shape index (κ1) is 18.7. The molecule has 28 heavy (non-hydrogen) atoms. The number of benzene rings is 2. The lowest BCUT2D eigenvalue weighted by molar-refractivity contribution is -0.385. The molecule has 1 aliphatic heterocycles. The third-order valence-corrected chi connectivity index (χ3v) is 4.17. The molecule has 10 heteroatoms. The van der Waals surface area contributed by atoms with Crippen molar-refractivity contribution < 1.29 is 29.2 Å². The van der Waals surface area contributed by atoms with Gasteiger partial charge in [-0.2, -0.15) is 0 Å². The van der Waals surface area contributed by atoms with Crippen molar-refractivity contribution in [2.75, 3.05) is 11.9 Å². The number of rotatable bonds is 6. The number of anilines is 1. The lowest BCUT2D eigenvalue weighted by Crippen LogP contribution is -2.33. The van der Waals surface area contributed by atoms with Crippen molar-refractivity contribution in [2.45, 2.75) is 6.42 Å². The molecule has 0 fully saturated rings. The second-order valence-electron chi connectivity index (χ2n) is 5.87. The Bertz CT molecular complexity index is 1030. The Balaban J connectivity index is 1.72. The highest BCUT2D eigenvalue weighted by atomic mass is 16.6. The third-order valence-electron chi connectivity index (χ3n) is 4.17. The van der Waals surface area contributed by atoms with Gasteiger partial charge in [0.2, 0.25) is 5.91 Å². The Morgan fingerprint density at radius 3 is 2.46 bits per heavy atom. The molecule has 0 bridgehead atoms. The van der Waals surface area contributed by atoms with E-state index in [1.165, 1.54) is 30.3 Å².